The molecule has 3 nitrogen and oxygen atoms in total. The highest BCUT2D eigenvalue weighted by Crippen LogP contribution is 2.14. The molecule has 0 bridgehead atoms. The zero-order valence-corrected chi connectivity index (χ0v) is 9.49. The molecule has 0 radical (unpaired) electrons. The van der Waals surface area contributed by atoms with Gasteiger partial charge in [-0.25, -0.2) is 4.39 Å². The Bertz CT molecular complexity index is 422. The van der Waals surface area contributed by atoms with Gasteiger partial charge >= 0.3 is 0 Å². The van der Waals surface area contributed by atoms with Crippen LogP contribution in [-0.4, -0.2) is 19.3 Å². The molecule has 1 unspecified atom stereocenters. The molecule has 0 N–H and O–H groups in total. The Morgan fingerprint density at radius 2 is 2.41 bits per heavy atom. The van der Waals surface area contributed by atoms with E-state index in [-0.39, 0.29) is 12.7 Å². The molecule has 1 aliphatic rings. The van der Waals surface area contributed by atoms with Crippen LogP contribution < -0.4 is 0 Å². The van der Waals surface area contributed by atoms with Gasteiger partial charge in [-0.3, -0.25) is 0 Å². The molecular weight excluding hydrogens is 221 g/mol. The average molecular weight is 235 g/mol. The third-order valence-corrected chi connectivity index (χ3v) is 2.77. The van der Waals surface area contributed by atoms with Crippen LogP contribution in [0.1, 0.15) is 24.0 Å². The maximum atomic E-state index is 13.5. The first-order valence-corrected chi connectivity index (χ1v) is 5.67. The fourth-order valence-corrected chi connectivity index (χ4v) is 1.81. The molecule has 2 rings (SSSR count). The first-order valence-electron chi connectivity index (χ1n) is 5.67. The summed E-state index contributed by atoms with van der Waals surface area (Å²) >= 11 is 0. The Balaban J connectivity index is 1.84. The first kappa shape index (κ1) is 12.0. The molecule has 1 aromatic carbocycles. The monoisotopic (exact) mass is 235 g/mol. The Morgan fingerprint density at radius 1 is 1.53 bits per heavy atom. The van der Waals surface area contributed by atoms with Gasteiger partial charge in [-0.1, -0.05) is 6.07 Å². The van der Waals surface area contributed by atoms with Crippen LogP contribution in [0, 0.1) is 17.1 Å². The summed E-state index contributed by atoms with van der Waals surface area (Å²) in [5.74, 6) is -0.392. The fourth-order valence-electron chi connectivity index (χ4n) is 1.81. The maximum Gasteiger partial charge on any atom is 0.130 e. The summed E-state index contributed by atoms with van der Waals surface area (Å²) in [6.45, 7) is 1.51. The third-order valence-electron chi connectivity index (χ3n) is 2.77. The summed E-state index contributed by atoms with van der Waals surface area (Å²) in [6.07, 6.45) is 2.23. The number of hydrogen-bond acceptors (Lipinski definition) is 3. The van der Waals surface area contributed by atoms with E-state index in [4.69, 9.17) is 14.7 Å². The topological polar surface area (TPSA) is 42.2 Å². The van der Waals surface area contributed by atoms with Crippen molar-refractivity contribution in [1.29, 1.82) is 5.26 Å². The molecule has 1 heterocycles. The van der Waals surface area contributed by atoms with Crippen molar-refractivity contribution in [3.8, 4) is 6.07 Å². The molecule has 4 heteroatoms. The van der Waals surface area contributed by atoms with Gasteiger partial charge in [-0.2, -0.15) is 5.26 Å². The summed E-state index contributed by atoms with van der Waals surface area (Å²) in [5.41, 5.74) is 0.798. The number of ether oxygens (including phenoxy) is 2. The lowest BCUT2D eigenvalue weighted by Gasteiger charge is -2.10. The van der Waals surface area contributed by atoms with Crippen LogP contribution in [0.3, 0.4) is 0 Å². The maximum absolute atomic E-state index is 13.5. The Labute approximate surface area is 99.8 Å². The van der Waals surface area contributed by atoms with E-state index in [1.165, 1.54) is 6.07 Å². The summed E-state index contributed by atoms with van der Waals surface area (Å²) in [5, 5.41) is 8.61. The molecular formula is C13H14FNO2. The molecule has 90 valence electrons. The second-order valence-corrected chi connectivity index (χ2v) is 4.07. The minimum absolute atomic E-state index is 0.149. The van der Waals surface area contributed by atoms with Gasteiger partial charge in [-0.15, -0.1) is 0 Å². The minimum atomic E-state index is -0.392. The van der Waals surface area contributed by atoms with E-state index in [0.717, 1.165) is 19.4 Å². The van der Waals surface area contributed by atoms with Gasteiger partial charge in [-0.05, 0) is 25.0 Å². The quantitative estimate of drug-likeness (QED) is 0.804. The SMILES string of the molecule is N#Cc1ccc(COCC2CCCO2)c(F)c1. The van der Waals surface area contributed by atoms with Crippen molar-refractivity contribution in [3.05, 3.63) is 35.1 Å². The van der Waals surface area contributed by atoms with Crippen molar-refractivity contribution < 1.29 is 13.9 Å². The van der Waals surface area contributed by atoms with Crippen LogP contribution in [-0.2, 0) is 16.1 Å². The lowest BCUT2D eigenvalue weighted by Crippen LogP contribution is -2.14. The summed E-state index contributed by atoms with van der Waals surface area (Å²) in [4.78, 5) is 0. The van der Waals surface area contributed by atoms with Gasteiger partial charge in [0.05, 0.1) is 31.0 Å². The number of nitriles is 1. The molecule has 1 atom stereocenters. The molecule has 1 aromatic rings. The molecule has 1 saturated heterocycles. The standard InChI is InChI=1S/C13H14FNO2/c14-13-6-10(7-15)3-4-11(13)8-16-9-12-2-1-5-17-12/h3-4,6,12H,1-2,5,8-9H2. The number of halogens is 1. The fraction of sp³-hybridized carbons (Fsp3) is 0.462. The first-order chi connectivity index (χ1) is 8.29. The normalized spacial score (nSPS) is 19.2. The van der Waals surface area contributed by atoms with Crippen molar-refractivity contribution in [2.24, 2.45) is 0 Å². The predicted octanol–water partition coefficient (Wildman–Crippen LogP) is 2.39. The van der Waals surface area contributed by atoms with Crippen LogP contribution >= 0.6 is 0 Å². The molecule has 1 fully saturated rings. The molecule has 0 spiro atoms. The summed E-state index contributed by atoms with van der Waals surface area (Å²) < 4.78 is 24.3. The molecule has 0 aromatic heterocycles. The zero-order valence-electron chi connectivity index (χ0n) is 9.49. The minimum Gasteiger partial charge on any atom is -0.376 e. The Morgan fingerprint density at radius 3 is 3.06 bits per heavy atom. The third kappa shape index (κ3) is 3.26. The van der Waals surface area contributed by atoms with Gasteiger partial charge in [0.15, 0.2) is 0 Å². The highest BCUT2D eigenvalue weighted by atomic mass is 19.1. The molecule has 17 heavy (non-hydrogen) atoms. The van der Waals surface area contributed by atoms with Gasteiger partial charge in [0.25, 0.3) is 0 Å². The molecule has 0 aliphatic carbocycles. The van der Waals surface area contributed by atoms with E-state index in [2.05, 4.69) is 0 Å². The summed E-state index contributed by atoms with van der Waals surface area (Å²) in [6, 6.07) is 6.30. The Hall–Kier alpha value is -1.44. The van der Waals surface area contributed by atoms with Crippen LogP contribution in [0.4, 0.5) is 4.39 Å². The highest BCUT2D eigenvalue weighted by Gasteiger charge is 2.15. The predicted molar refractivity (Wildman–Crippen MR) is 59.7 cm³/mol. The smallest absolute Gasteiger partial charge is 0.130 e. The van der Waals surface area contributed by atoms with Crippen molar-refractivity contribution >= 4 is 0 Å². The zero-order chi connectivity index (χ0) is 12.1. The van der Waals surface area contributed by atoms with E-state index < -0.39 is 5.82 Å². The van der Waals surface area contributed by atoms with Gasteiger partial charge < -0.3 is 9.47 Å². The Kier molecular flexibility index (Phi) is 4.08. The van der Waals surface area contributed by atoms with Crippen LogP contribution in [0.2, 0.25) is 0 Å². The lowest BCUT2D eigenvalue weighted by atomic mass is 10.1. The largest absolute Gasteiger partial charge is 0.376 e. The molecule has 0 amide bonds. The van der Waals surface area contributed by atoms with E-state index >= 15 is 0 Å². The van der Waals surface area contributed by atoms with Crippen LogP contribution in [0.25, 0.3) is 0 Å². The second-order valence-electron chi connectivity index (χ2n) is 4.07. The van der Waals surface area contributed by atoms with Crippen molar-refractivity contribution in [2.45, 2.75) is 25.6 Å². The summed E-state index contributed by atoms with van der Waals surface area (Å²) in [7, 11) is 0. The van der Waals surface area contributed by atoms with E-state index in [9.17, 15) is 4.39 Å². The van der Waals surface area contributed by atoms with E-state index in [1.54, 1.807) is 12.1 Å². The van der Waals surface area contributed by atoms with E-state index in [0.29, 0.717) is 17.7 Å². The van der Waals surface area contributed by atoms with Crippen molar-refractivity contribution in [3.63, 3.8) is 0 Å². The number of benzene rings is 1. The lowest BCUT2D eigenvalue weighted by molar-refractivity contribution is 0.00982. The molecule has 1 aliphatic heterocycles. The molecule has 0 saturated carbocycles. The highest BCUT2D eigenvalue weighted by molar-refractivity contribution is 5.32. The van der Waals surface area contributed by atoms with Crippen molar-refractivity contribution in [1.82, 2.24) is 0 Å². The van der Waals surface area contributed by atoms with E-state index in [1.807, 2.05) is 6.07 Å². The average Bonchev–Trinajstić information content (AvgIpc) is 2.84. The number of hydrogen-bond donors (Lipinski definition) is 0. The van der Waals surface area contributed by atoms with Crippen LogP contribution in [0.15, 0.2) is 18.2 Å². The second kappa shape index (κ2) is 5.76. The van der Waals surface area contributed by atoms with Gasteiger partial charge in [0.1, 0.15) is 5.82 Å². The number of rotatable bonds is 4. The van der Waals surface area contributed by atoms with Crippen LogP contribution in [0.5, 0.6) is 0 Å². The van der Waals surface area contributed by atoms with Crippen molar-refractivity contribution in [2.75, 3.05) is 13.2 Å². The van der Waals surface area contributed by atoms with Gasteiger partial charge in [0.2, 0.25) is 0 Å². The number of nitrogens with zero attached hydrogens (tertiary/aromatic N) is 1. The van der Waals surface area contributed by atoms with Gasteiger partial charge in [0, 0.05) is 12.2 Å².